The molecule has 210 valence electrons. The summed E-state index contributed by atoms with van der Waals surface area (Å²) < 4.78 is 23.4. The second-order valence-corrected chi connectivity index (χ2v) is 10.4. The highest BCUT2D eigenvalue weighted by Crippen LogP contribution is 2.34. The fourth-order valence-electron chi connectivity index (χ4n) is 3.69. The van der Waals surface area contributed by atoms with E-state index >= 15 is 0 Å². The molecule has 1 aliphatic heterocycles. The van der Waals surface area contributed by atoms with Crippen molar-refractivity contribution >= 4 is 69.3 Å². The fourth-order valence-corrected chi connectivity index (χ4v) is 5.73. The van der Waals surface area contributed by atoms with Crippen molar-refractivity contribution in [2.75, 3.05) is 26.9 Å². The average Bonchev–Trinajstić information content (AvgIpc) is 2.91. The molecule has 0 bridgehead atoms. The smallest absolute Gasteiger partial charge is 0.338 e. The number of esters is 1. The third-order valence-electron chi connectivity index (χ3n) is 5.36. The van der Waals surface area contributed by atoms with Crippen LogP contribution in [-0.2, 0) is 14.3 Å². The maximum atomic E-state index is 12.6. The number of hydrazone groups is 1. The van der Waals surface area contributed by atoms with Crippen LogP contribution in [-0.4, -0.2) is 51.1 Å². The molecule has 2 aromatic carbocycles. The lowest BCUT2D eigenvalue weighted by Crippen LogP contribution is -2.45. The van der Waals surface area contributed by atoms with Gasteiger partial charge in [-0.2, -0.15) is 10.4 Å². The van der Waals surface area contributed by atoms with Crippen molar-refractivity contribution in [1.82, 2.24) is 16.1 Å². The Labute approximate surface area is 257 Å². The van der Waals surface area contributed by atoms with Crippen LogP contribution in [0.5, 0.6) is 17.2 Å². The van der Waals surface area contributed by atoms with Crippen LogP contribution in [0.4, 0.5) is 4.79 Å². The highest BCUT2D eigenvalue weighted by molar-refractivity contribution is 14.1. The van der Waals surface area contributed by atoms with Gasteiger partial charge in [0.2, 0.25) is 0 Å². The Kier molecular flexibility index (Phi) is 11.4. The van der Waals surface area contributed by atoms with Gasteiger partial charge < -0.3 is 29.6 Å². The molecule has 0 unspecified atom stereocenters. The molecule has 0 aromatic heterocycles. The zero-order chi connectivity index (χ0) is 29.2. The van der Waals surface area contributed by atoms with Crippen molar-refractivity contribution in [3.63, 3.8) is 0 Å². The molecule has 1 heterocycles. The predicted molar refractivity (Wildman–Crippen MR) is 161 cm³/mol. The molecule has 14 heteroatoms. The van der Waals surface area contributed by atoms with Crippen LogP contribution in [0.3, 0.4) is 0 Å². The molecule has 1 atom stereocenters. The fraction of sp³-hybridized carbons (Fsp3) is 0.269. The van der Waals surface area contributed by atoms with Gasteiger partial charge in [0.15, 0.2) is 24.7 Å². The topological polar surface area (TPSA) is 160 Å². The Bertz CT molecular complexity index is 1400. The third-order valence-corrected chi connectivity index (χ3v) is 6.78. The van der Waals surface area contributed by atoms with E-state index < -0.39 is 23.9 Å². The lowest BCUT2D eigenvalue weighted by atomic mass is 9.95. The average molecular weight is 773 g/mol. The number of nitrogens with one attached hydrogen (secondary N) is 3. The lowest BCUT2D eigenvalue weighted by Gasteiger charge is -2.28. The van der Waals surface area contributed by atoms with Crippen LogP contribution < -0.4 is 30.3 Å². The molecule has 0 spiro atoms. The number of benzene rings is 2. The Morgan fingerprint density at radius 2 is 1.98 bits per heavy atom. The second-order valence-electron chi connectivity index (χ2n) is 8.04. The minimum atomic E-state index is -0.778. The maximum Gasteiger partial charge on any atom is 0.338 e. The number of urea groups is 1. The Morgan fingerprint density at radius 1 is 1.20 bits per heavy atom. The molecule has 3 N–H and O–H groups in total. The van der Waals surface area contributed by atoms with Gasteiger partial charge in [0.25, 0.3) is 5.91 Å². The standard InChI is InChI=1S/C26H25I2N5O7/c1-4-38-25(35)22-14(2)31-26(36)32-23(22)15-5-6-19(20(10-15)37-3)40-13-21(34)33-30-12-16-9-17(27)11-18(28)24(16)39-8-7-29/h5-6,9-12,23H,4,8,13H2,1-3H3,(H,33,34)(H2,31,32,36)/b30-12+/t23-/m0/s1. The first-order valence-corrected chi connectivity index (χ1v) is 13.9. The highest BCUT2D eigenvalue weighted by Gasteiger charge is 2.32. The molecular formula is C26H25I2N5O7. The Balaban J connectivity index is 1.70. The van der Waals surface area contributed by atoms with Gasteiger partial charge >= 0.3 is 12.0 Å². The van der Waals surface area contributed by atoms with Gasteiger partial charge in [-0.3, -0.25) is 4.79 Å². The predicted octanol–water partition coefficient (Wildman–Crippen LogP) is 3.53. The SMILES string of the molecule is CCOC(=O)C1=C(C)NC(=O)N[C@H]1c1ccc(OCC(=O)N/N=C/c2cc(I)cc(I)c2OCC#N)c(OC)c1. The van der Waals surface area contributed by atoms with Crippen molar-refractivity contribution in [2.45, 2.75) is 19.9 Å². The van der Waals surface area contributed by atoms with Gasteiger partial charge in [-0.05, 0) is 88.9 Å². The zero-order valence-corrected chi connectivity index (χ0v) is 26.0. The third kappa shape index (κ3) is 7.97. The minimum absolute atomic E-state index is 0.123. The van der Waals surface area contributed by atoms with Gasteiger partial charge in [-0.25, -0.2) is 15.0 Å². The molecule has 3 amide bonds. The number of allylic oxidation sites excluding steroid dienone is 1. The van der Waals surface area contributed by atoms with Crippen LogP contribution in [0.15, 0.2) is 46.7 Å². The van der Waals surface area contributed by atoms with Crippen LogP contribution in [0.25, 0.3) is 0 Å². The number of carbonyl (C=O) groups excluding carboxylic acids is 3. The van der Waals surface area contributed by atoms with E-state index in [9.17, 15) is 14.4 Å². The summed E-state index contributed by atoms with van der Waals surface area (Å²) in [6.45, 7) is 3.00. The highest BCUT2D eigenvalue weighted by atomic mass is 127. The van der Waals surface area contributed by atoms with E-state index in [-0.39, 0.29) is 36.9 Å². The maximum absolute atomic E-state index is 12.6. The van der Waals surface area contributed by atoms with Gasteiger partial charge in [-0.1, -0.05) is 6.07 Å². The van der Waals surface area contributed by atoms with E-state index in [1.165, 1.54) is 13.3 Å². The molecule has 0 aliphatic carbocycles. The summed E-state index contributed by atoms with van der Waals surface area (Å²) in [6.07, 6.45) is 1.42. The minimum Gasteiger partial charge on any atom is -0.493 e. The summed E-state index contributed by atoms with van der Waals surface area (Å²) in [5, 5.41) is 18.1. The number of methoxy groups -OCH3 is 1. The van der Waals surface area contributed by atoms with Crippen LogP contribution >= 0.6 is 45.2 Å². The molecule has 3 rings (SSSR count). The zero-order valence-electron chi connectivity index (χ0n) is 21.7. The van der Waals surface area contributed by atoms with Crippen LogP contribution in [0.1, 0.15) is 31.0 Å². The summed E-state index contributed by atoms with van der Waals surface area (Å²) in [5.74, 6) is -0.0463. The van der Waals surface area contributed by atoms with Crippen molar-refractivity contribution < 1.29 is 33.3 Å². The summed E-state index contributed by atoms with van der Waals surface area (Å²) in [6, 6.07) is 9.22. The quantitative estimate of drug-likeness (QED) is 0.135. The normalized spacial score (nSPS) is 14.6. The number of amides is 3. The number of hydrogen-bond acceptors (Lipinski definition) is 9. The van der Waals surface area contributed by atoms with E-state index in [1.54, 1.807) is 32.0 Å². The van der Waals surface area contributed by atoms with Crippen LogP contribution in [0, 0.1) is 18.5 Å². The van der Waals surface area contributed by atoms with E-state index in [0.29, 0.717) is 22.6 Å². The molecule has 0 saturated carbocycles. The monoisotopic (exact) mass is 773 g/mol. The first-order chi connectivity index (χ1) is 19.2. The van der Waals surface area contributed by atoms with Gasteiger partial charge in [0.05, 0.1) is 35.1 Å². The molecule has 1 aliphatic rings. The van der Waals surface area contributed by atoms with Crippen molar-refractivity contribution in [2.24, 2.45) is 5.10 Å². The lowest BCUT2D eigenvalue weighted by molar-refractivity contribution is -0.139. The largest absolute Gasteiger partial charge is 0.493 e. The summed E-state index contributed by atoms with van der Waals surface area (Å²) in [7, 11) is 1.43. The molecule has 0 saturated heterocycles. The number of nitriles is 1. The van der Waals surface area contributed by atoms with Crippen molar-refractivity contribution in [1.29, 1.82) is 5.26 Å². The molecule has 2 aromatic rings. The summed E-state index contributed by atoms with van der Waals surface area (Å²) in [5.41, 5.74) is 4.19. The molecule has 12 nitrogen and oxygen atoms in total. The number of ether oxygens (including phenoxy) is 4. The first-order valence-electron chi connectivity index (χ1n) is 11.7. The van der Waals surface area contributed by atoms with E-state index in [0.717, 1.165) is 7.14 Å². The van der Waals surface area contributed by atoms with Crippen molar-refractivity contribution in [3.05, 3.63) is 59.9 Å². The van der Waals surface area contributed by atoms with Crippen LogP contribution in [0.2, 0.25) is 0 Å². The Morgan fingerprint density at radius 3 is 2.67 bits per heavy atom. The second kappa shape index (κ2) is 14.7. The summed E-state index contributed by atoms with van der Waals surface area (Å²) in [4.78, 5) is 37.1. The number of halogens is 2. The number of nitrogens with zero attached hydrogens (tertiary/aromatic N) is 2. The van der Waals surface area contributed by atoms with Gasteiger partial charge in [0, 0.05) is 14.8 Å². The molecule has 40 heavy (non-hydrogen) atoms. The van der Waals surface area contributed by atoms with E-state index in [2.05, 4.69) is 66.3 Å². The van der Waals surface area contributed by atoms with Crippen molar-refractivity contribution in [3.8, 4) is 23.3 Å². The molecule has 0 radical (unpaired) electrons. The van der Waals surface area contributed by atoms with E-state index in [4.69, 9.17) is 24.2 Å². The number of carbonyl (C=O) groups is 3. The Hall–Kier alpha value is -3.59. The molecule has 0 fully saturated rings. The van der Waals surface area contributed by atoms with E-state index in [1.807, 2.05) is 18.2 Å². The molecular weight excluding hydrogens is 748 g/mol. The van der Waals surface area contributed by atoms with Gasteiger partial charge in [-0.15, -0.1) is 0 Å². The summed E-state index contributed by atoms with van der Waals surface area (Å²) >= 11 is 4.25. The number of hydrogen-bond donors (Lipinski definition) is 3. The first kappa shape index (κ1) is 30.9. The van der Waals surface area contributed by atoms with Gasteiger partial charge in [0.1, 0.15) is 11.8 Å². The number of rotatable bonds is 11.